The van der Waals surface area contributed by atoms with Crippen LogP contribution in [0.15, 0.2) is 59.5 Å². The molecule has 5 nitrogen and oxygen atoms in total. The Kier molecular flexibility index (Phi) is 4.63. The van der Waals surface area contributed by atoms with Gasteiger partial charge in [0, 0.05) is 17.8 Å². The number of sulfone groups is 1. The van der Waals surface area contributed by atoms with Gasteiger partial charge in [0.25, 0.3) is 0 Å². The smallest absolute Gasteiger partial charge is 0.318 e. The van der Waals surface area contributed by atoms with Crippen LogP contribution in [0.1, 0.15) is 25.7 Å². The molecule has 2 aliphatic heterocycles. The number of carbonyl (C=O) groups excluding carboxylic acids is 1. The lowest BCUT2D eigenvalue weighted by molar-refractivity contribution is 0.160. The van der Waals surface area contributed by atoms with Crippen molar-refractivity contribution in [1.29, 1.82) is 0 Å². The lowest BCUT2D eigenvalue weighted by atomic mass is 10.0. The quantitative estimate of drug-likeness (QED) is 0.869. The van der Waals surface area contributed by atoms with Gasteiger partial charge in [-0.25, -0.2) is 17.6 Å². The standard InChI is InChI=1S/C20H21FN2O3S/c21-14-6-8-15(9-7-14)22-20(24)23-16-10-11-17(23)13-19(12-16)27(25,26)18-4-2-1-3-5-18/h1-9,16-17,19H,10-13H2,(H,22,24)/t16-,17-/m1/s1. The zero-order valence-corrected chi connectivity index (χ0v) is 15.5. The SMILES string of the molecule is O=C(Nc1ccc(F)cc1)N1[C@@H]2CC[C@@H]1CC(S(=O)(=O)c1ccccc1)C2. The molecule has 0 spiro atoms. The first-order valence-electron chi connectivity index (χ1n) is 9.09. The molecule has 142 valence electrons. The molecule has 2 amide bonds. The maximum atomic E-state index is 13.0. The van der Waals surface area contributed by atoms with E-state index in [0.717, 1.165) is 12.8 Å². The summed E-state index contributed by atoms with van der Waals surface area (Å²) in [5.74, 6) is -0.361. The predicted octanol–water partition coefficient (Wildman–Crippen LogP) is 3.83. The lowest BCUT2D eigenvalue weighted by Crippen LogP contribution is -2.51. The van der Waals surface area contributed by atoms with Gasteiger partial charge >= 0.3 is 6.03 Å². The number of anilines is 1. The van der Waals surface area contributed by atoms with Crippen LogP contribution in [0.3, 0.4) is 0 Å². The largest absolute Gasteiger partial charge is 0.322 e. The van der Waals surface area contributed by atoms with Crippen LogP contribution in [0.25, 0.3) is 0 Å². The first-order valence-corrected chi connectivity index (χ1v) is 10.6. The maximum absolute atomic E-state index is 13.0. The molecular weight excluding hydrogens is 367 g/mol. The summed E-state index contributed by atoms with van der Waals surface area (Å²) in [4.78, 5) is 14.8. The molecule has 4 rings (SSSR count). The number of carbonyl (C=O) groups is 1. The average molecular weight is 388 g/mol. The monoisotopic (exact) mass is 388 g/mol. The van der Waals surface area contributed by atoms with E-state index >= 15 is 0 Å². The molecule has 0 radical (unpaired) electrons. The normalized spacial score (nSPS) is 24.6. The van der Waals surface area contributed by atoms with Crippen molar-refractivity contribution in [3.8, 4) is 0 Å². The summed E-state index contributed by atoms with van der Waals surface area (Å²) in [6, 6.07) is 13.7. The minimum Gasteiger partial charge on any atom is -0.318 e. The Hall–Kier alpha value is -2.41. The number of hydrogen-bond donors (Lipinski definition) is 1. The van der Waals surface area contributed by atoms with Crippen LogP contribution < -0.4 is 5.32 Å². The van der Waals surface area contributed by atoms with Crippen molar-refractivity contribution in [2.24, 2.45) is 0 Å². The highest BCUT2D eigenvalue weighted by Crippen LogP contribution is 2.40. The van der Waals surface area contributed by atoms with Crippen molar-refractivity contribution in [2.45, 2.75) is 47.9 Å². The van der Waals surface area contributed by atoms with E-state index in [9.17, 15) is 17.6 Å². The van der Waals surface area contributed by atoms with Crippen LogP contribution in [-0.2, 0) is 9.84 Å². The number of nitrogens with one attached hydrogen (secondary N) is 1. The van der Waals surface area contributed by atoms with Gasteiger partial charge in [0.2, 0.25) is 0 Å². The Labute approximate surface area is 158 Å². The van der Waals surface area contributed by atoms with E-state index in [1.807, 2.05) is 0 Å². The van der Waals surface area contributed by atoms with Crippen molar-refractivity contribution in [3.63, 3.8) is 0 Å². The van der Waals surface area contributed by atoms with Gasteiger partial charge in [-0.2, -0.15) is 0 Å². The van der Waals surface area contributed by atoms with Crippen molar-refractivity contribution in [3.05, 3.63) is 60.4 Å². The van der Waals surface area contributed by atoms with Crippen LogP contribution in [0.2, 0.25) is 0 Å². The Morgan fingerprint density at radius 2 is 1.56 bits per heavy atom. The second kappa shape index (κ2) is 6.96. The van der Waals surface area contributed by atoms with E-state index in [1.165, 1.54) is 24.3 Å². The topological polar surface area (TPSA) is 66.5 Å². The van der Waals surface area contributed by atoms with E-state index in [0.29, 0.717) is 23.4 Å². The molecule has 0 saturated carbocycles. The molecule has 7 heteroatoms. The minimum absolute atomic E-state index is 0.0901. The van der Waals surface area contributed by atoms with Gasteiger partial charge in [0.05, 0.1) is 10.1 Å². The molecule has 2 heterocycles. The van der Waals surface area contributed by atoms with E-state index in [4.69, 9.17) is 0 Å². The number of urea groups is 1. The highest BCUT2D eigenvalue weighted by molar-refractivity contribution is 7.92. The zero-order valence-electron chi connectivity index (χ0n) is 14.7. The zero-order chi connectivity index (χ0) is 19.0. The summed E-state index contributed by atoms with van der Waals surface area (Å²) in [6.45, 7) is 0. The number of nitrogens with zero attached hydrogens (tertiary/aromatic N) is 1. The summed E-state index contributed by atoms with van der Waals surface area (Å²) in [6.07, 6.45) is 2.51. The highest BCUT2D eigenvalue weighted by Gasteiger charge is 2.47. The molecule has 2 aromatic rings. The van der Waals surface area contributed by atoms with Crippen molar-refractivity contribution >= 4 is 21.6 Å². The minimum atomic E-state index is -3.40. The second-order valence-corrected chi connectivity index (χ2v) is 9.41. The molecule has 2 bridgehead atoms. The molecule has 2 fully saturated rings. The van der Waals surface area contributed by atoms with Gasteiger partial charge in [-0.15, -0.1) is 0 Å². The fourth-order valence-electron chi connectivity index (χ4n) is 4.24. The summed E-state index contributed by atoms with van der Waals surface area (Å²) >= 11 is 0. The van der Waals surface area contributed by atoms with Crippen molar-refractivity contribution < 1.29 is 17.6 Å². The molecule has 2 saturated heterocycles. The van der Waals surface area contributed by atoms with Gasteiger partial charge in [-0.1, -0.05) is 18.2 Å². The number of fused-ring (bicyclic) bond motifs is 2. The number of piperidine rings is 1. The third-order valence-electron chi connectivity index (χ3n) is 5.53. The molecule has 1 N–H and O–H groups in total. The van der Waals surface area contributed by atoms with Crippen molar-refractivity contribution in [1.82, 2.24) is 4.90 Å². The van der Waals surface area contributed by atoms with Gasteiger partial charge in [-0.05, 0) is 62.1 Å². The fourth-order valence-corrected chi connectivity index (χ4v) is 6.11. The van der Waals surface area contributed by atoms with E-state index < -0.39 is 15.1 Å². The molecule has 2 aromatic carbocycles. The molecule has 2 aliphatic rings. The third kappa shape index (κ3) is 3.43. The number of benzene rings is 2. The van der Waals surface area contributed by atoms with E-state index in [-0.39, 0.29) is 23.9 Å². The number of amides is 2. The number of halogens is 1. The Bertz CT molecular complexity index is 917. The average Bonchev–Trinajstić information content (AvgIpc) is 2.94. The fraction of sp³-hybridized carbons (Fsp3) is 0.350. The van der Waals surface area contributed by atoms with Gasteiger partial charge in [0.15, 0.2) is 9.84 Å². The second-order valence-electron chi connectivity index (χ2n) is 7.18. The number of rotatable bonds is 3. The summed E-state index contributed by atoms with van der Waals surface area (Å²) in [5.41, 5.74) is 0.528. The third-order valence-corrected chi connectivity index (χ3v) is 7.72. The Morgan fingerprint density at radius 1 is 0.963 bits per heavy atom. The summed E-state index contributed by atoms with van der Waals surface area (Å²) in [5, 5.41) is 2.33. The Balaban J connectivity index is 1.49. The highest BCUT2D eigenvalue weighted by atomic mass is 32.2. The predicted molar refractivity (Wildman–Crippen MR) is 101 cm³/mol. The molecule has 0 aliphatic carbocycles. The van der Waals surface area contributed by atoms with Crippen LogP contribution in [0.5, 0.6) is 0 Å². The first kappa shape index (κ1) is 18.0. The summed E-state index contributed by atoms with van der Waals surface area (Å²) in [7, 11) is -3.40. The molecule has 0 aromatic heterocycles. The molecule has 27 heavy (non-hydrogen) atoms. The molecule has 2 atom stereocenters. The van der Waals surface area contributed by atoms with Crippen LogP contribution in [-0.4, -0.2) is 36.7 Å². The van der Waals surface area contributed by atoms with Gasteiger partial charge in [0.1, 0.15) is 5.82 Å². The van der Waals surface area contributed by atoms with E-state index in [1.54, 1.807) is 35.2 Å². The summed E-state index contributed by atoms with van der Waals surface area (Å²) < 4.78 is 38.9. The maximum Gasteiger partial charge on any atom is 0.322 e. The lowest BCUT2D eigenvalue weighted by Gasteiger charge is -2.38. The van der Waals surface area contributed by atoms with Crippen LogP contribution in [0, 0.1) is 5.82 Å². The molecule has 0 unspecified atom stereocenters. The van der Waals surface area contributed by atoms with Crippen LogP contribution in [0.4, 0.5) is 14.9 Å². The van der Waals surface area contributed by atoms with Gasteiger partial charge < -0.3 is 10.2 Å². The van der Waals surface area contributed by atoms with Crippen LogP contribution >= 0.6 is 0 Å². The first-order chi connectivity index (χ1) is 12.9. The van der Waals surface area contributed by atoms with Gasteiger partial charge in [-0.3, -0.25) is 0 Å². The molecular formula is C20H21FN2O3S. The van der Waals surface area contributed by atoms with E-state index in [2.05, 4.69) is 5.32 Å². The van der Waals surface area contributed by atoms with Crippen molar-refractivity contribution in [2.75, 3.05) is 5.32 Å². The number of hydrogen-bond acceptors (Lipinski definition) is 3. The Morgan fingerprint density at radius 3 is 2.15 bits per heavy atom.